The van der Waals surface area contributed by atoms with Crippen molar-refractivity contribution in [1.29, 1.82) is 0 Å². The molecule has 22 heavy (non-hydrogen) atoms. The molecule has 0 aromatic rings. The number of ether oxygens (including phenoxy) is 1. The number of likely N-dealkylation sites (tertiary alicyclic amines) is 1. The summed E-state index contributed by atoms with van der Waals surface area (Å²) in [6.07, 6.45) is 0.450. The largest absolute Gasteiger partial charge is 0.444 e. The summed E-state index contributed by atoms with van der Waals surface area (Å²) < 4.78 is 5.44. The average molecular weight is 313 g/mol. The Morgan fingerprint density at radius 2 is 1.95 bits per heavy atom. The number of carbonyl (C=O) groups excluding carboxylic acids is 2. The van der Waals surface area contributed by atoms with Crippen molar-refractivity contribution in [3.05, 3.63) is 0 Å². The Morgan fingerprint density at radius 1 is 1.36 bits per heavy atom. The lowest BCUT2D eigenvalue weighted by molar-refractivity contribution is -0.132. The van der Waals surface area contributed by atoms with Crippen molar-refractivity contribution in [2.45, 2.75) is 65.6 Å². The Bertz CT molecular complexity index is 404. The fourth-order valence-electron chi connectivity index (χ4n) is 2.55. The van der Waals surface area contributed by atoms with Gasteiger partial charge in [-0.1, -0.05) is 13.8 Å². The molecular formula is C16H31N3O3. The fourth-order valence-corrected chi connectivity index (χ4v) is 2.55. The second kappa shape index (κ2) is 7.31. The van der Waals surface area contributed by atoms with Crippen LogP contribution >= 0.6 is 0 Å². The van der Waals surface area contributed by atoms with E-state index in [0.717, 1.165) is 6.42 Å². The second-order valence-electron chi connectivity index (χ2n) is 7.26. The third-order valence-electron chi connectivity index (χ3n) is 3.89. The van der Waals surface area contributed by atoms with E-state index >= 15 is 0 Å². The predicted molar refractivity (Wildman–Crippen MR) is 86.4 cm³/mol. The molecule has 1 rings (SSSR count). The topological polar surface area (TPSA) is 75.9 Å². The highest BCUT2D eigenvalue weighted by Crippen LogP contribution is 2.20. The fraction of sp³-hybridized carbons (Fsp3) is 0.875. The van der Waals surface area contributed by atoms with E-state index in [4.69, 9.17) is 10.5 Å². The summed E-state index contributed by atoms with van der Waals surface area (Å²) in [4.78, 5) is 28.1. The molecule has 2 amide bonds. The van der Waals surface area contributed by atoms with E-state index < -0.39 is 11.6 Å². The number of amides is 2. The van der Waals surface area contributed by atoms with E-state index in [0.29, 0.717) is 19.6 Å². The van der Waals surface area contributed by atoms with Crippen LogP contribution in [0.4, 0.5) is 4.79 Å². The smallest absolute Gasteiger partial charge is 0.410 e. The summed E-state index contributed by atoms with van der Waals surface area (Å²) in [5.41, 5.74) is 5.43. The standard InChI is InChI=1S/C16H31N3O3/c1-7-19(15(21)22-16(4,5)6)12-8-9-18(10-12)14(20)13(17)11(2)3/h11-13H,7-10,17H2,1-6H3/t12-,13+/m1/s1. The van der Waals surface area contributed by atoms with Crippen LogP contribution in [0.2, 0.25) is 0 Å². The molecular weight excluding hydrogens is 282 g/mol. The molecule has 0 radical (unpaired) electrons. The van der Waals surface area contributed by atoms with E-state index in [2.05, 4.69) is 0 Å². The molecule has 6 nitrogen and oxygen atoms in total. The molecule has 0 aromatic heterocycles. The molecule has 0 spiro atoms. The van der Waals surface area contributed by atoms with Crippen LogP contribution in [-0.2, 0) is 9.53 Å². The minimum Gasteiger partial charge on any atom is -0.444 e. The molecule has 6 heteroatoms. The average Bonchev–Trinajstić information content (AvgIpc) is 2.85. The highest BCUT2D eigenvalue weighted by molar-refractivity contribution is 5.82. The Kier molecular flexibility index (Phi) is 6.23. The molecule has 128 valence electrons. The molecule has 1 aliphatic rings. The normalized spacial score (nSPS) is 20.2. The molecule has 1 fully saturated rings. The first-order chi connectivity index (χ1) is 10.1. The first-order valence-electron chi connectivity index (χ1n) is 8.10. The van der Waals surface area contributed by atoms with Crippen molar-refractivity contribution in [3.63, 3.8) is 0 Å². The van der Waals surface area contributed by atoms with Crippen LogP contribution in [0.3, 0.4) is 0 Å². The van der Waals surface area contributed by atoms with Gasteiger partial charge in [0.25, 0.3) is 0 Å². The van der Waals surface area contributed by atoms with E-state index in [1.807, 2.05) is 41.5 Å². The number of rotatable bonds is 4. The third-order valence-corrected chi connectivity index (χ3v) is 3.89. The summed E-state index contributed by atoms with van der Waals surface area (Å²) in [6.45, 7) is 13.1. The maximum Gasteiger partial charge on any atom is 0.410 e. The van der Waals surface area contributed by atoms with Crippen molar-refractivity contribution in [2.24, 2.45) is 11.7 Å². The summed E-state index contributed by atoms with van der Waals surface area (Å²) in [6, 6.07) is -0.474. The highest BCUT2D eigenvalue weighted by Gasteiger charge is 2.35. The molecule has 0 aromatic carbocycles. The summed E-state index contributed by atoms with van der Waals surface area (Å²) in [7, 11) is 0. The number of likely N-dealkylation sites (N-methyl/N-ethyl adjacent to an activating group) is 1. The van der Waals surface area contributed by atoms with E-state index in [1.54, 1.807) is 9.80 Å². The summed E-state index contributed by atoms with van der Waals surface area (Å²) in [5.74, 6) is 0.0809. The number of carbonyl (C=O) groups is 2. The molecule has 0 unspecified atom stereocenters. The van der Waals surface area contributed by atoms with Gasteiger partial charge in [0, 0.05) is 19.6 Å². The summed E-state index contributed by atoms with van der Waals surface area (Å²) >= 11 is 0. The highest BCUT2D eigenvalue weighted by atomic mass is 16.6. The van der Waals surface area contributed by atoms with Crippen LogP contribution in [0, 0.1) is 5.92 Å². The Labute approximate surface area is 134 Å². The predicted octanol–water partition coefficient (Wildman–Crippen LogP) is 1.83. The van der Waals surface area contributed by atoms with Crippen LogP contribution < -0.4 is 5.73 Å². The van der Waals surface area contributed by atoms with Crippen molar-refractivity contribution in [2.75, 3.05) is 19.6 Å². The van der Waals surface area contributed by atoms with Gasteiger partial charge in [0.2, 0.25) is 5.91 Å². The monoisotopic (exact) mass is 313 g/mol. The van der Waals surface area contributed by atoms with Gasteiger partial charge >= 0.3 is 6.09 Å². The molecule has 1 saturated heterocycles. The van der Waals surface area contributed by atoms with E-state index in [9.17, 15) is 9.59 Å². The van der Waals surface area contributed by atoms with Crippen LogP contribution in [0.1, 0.15) is 48.0 Å². The number of nitrogens with zero attached hydrogens (tertiary/aromatic N) is 2. The third kappa shape index (κ3) is 4.87. The van der Waals surface area contributed by atoms with Gasteiger partial charge in [0.15, 0.2) is 0 Å². The molecule has 1 aliphatic heterocycles. The first-order valence-corrected chi connectivity index (χ1v) is 8.10. The number of hydrogen-bond donors (Lipinski definition) is 1. The number of hydrogen-bond acceptors (Lipinski definition) is 4. The molecule has 0 bridgehead atoms. The van der Waals surface area contributed by atoms with Crippen LogP contribution in [0.5, 0.6) is 0 Å². The molecule has 0 aliphatic carbocycles. The van der Waals surface area contributed by atoms with Gasteiger partial charge < -0.3 is 20.3 Å². The van der Waals surface area contributed by atoms with Crippen molar-refractivity contribution >= 4 is 12.0 Å². The minimum absolute atomic E-state index is 0.00293. The Hall–Kier alpha value is -1.30. The maximum absolute atomic E-state index is 12.3. The zero-order chi connectivity index (χ0) is 17.1. The second-order valence-corrected chi connectivity index (χ2v) is 7.26. The van der Waals surface area contributed by atoms with E-state index in [1.165, 1.54) is 0 Å². The van der Waals surface area contributed by atoms with Crippen molar-refractivity contribution in [1.82, 2.24) is 9.80 Å². The minimum atomic E-state index is -0.515. The van der Waals surface area contributed by atoms with Gasteiger partial charge in [-0.2, -0.15) is 0 Å². The lowest BCUT2D eigenvalue weighted by Gasteiger charge is -2.31. The van der Waals surface area contributed by atoms with Gasteiger partial charge in [0.05, 0.1) is 12.1 Å². The quantitative estimate of drug-likeness (QED) is 0.859. The number of nitrogens with two attached hydrogens (primary N) is 1. The van der Waals surface area contributed by atoms with Gasteiger partial charge in [-0.15, -0.1) is 0 Å². The van der Waals surface area contributed by atoms with Gasteiger partial charge in [-0.3, -0.25) is 4.79 Å². The van der Waals surface area contributed by atoms with Crippen LogP contribution in [0.25, 0.3) is 0 Å². The lowest BCUT2D eigenvalue weighted by Crippen LogP contribution is -2.48. The van der Waals surface area contributed by atoms with Gasteiger partial charge in [0.1, 0.15) is 5.60 Å². The van der Waals surface area contributed by atoms with Crippen LogP contribution in [-0.4, -0.2) is 59.1 Å². The maximum atomic E-state index is 12.3. The molecule has 0 saturated carbocycles. The van der Waals surface area contributed by atoms with Crippen molar-refractivity contribution in [3.8, 4) is 0 Å². The summed E-state index contributed by atoms with van der Waals surface area (Å²) in [5, 5.41) is 0. The Balaban J connectivity index is 2.67. The van der Waals surface area contributed by atoms with Gasteiger partial charge in [-0.25, -0.2) is 4.79 Å². The first kappa shape index (κ1) is 18.7. The van der Waals surface area contributed by atoms with E-state index in [-0.39, 0.29) is 24.0 Å². The van der Waals surface area contributed by atoms with Crippen molar-refractivity contribution < 1.29 is 14.3 Å². The zero-order valence-corrected chi connectivity index (χ0v) is 14.8. The van der Waals surface area contributed by atoms with Crippen LogP contribution in [0.15, 0.2) is 0 Å². The lowest BCUT2D eigenvalue weighted by atomic mass is 10.0. The Morgan fingerprint density at radius 3 is 2.41 bits per heavy atom. The van der Waals surface area contributed by atoms with Gasteiger partial charge in [-0.05, 0) is 40.0 Å². The molecule has 1 heterocycles. The molecule has 2 atom stereocenters. The SMILES string of the molecule is CCN(C(=O)OC(C)(C)C)[C@@H]1CCN(C(=O)[C@@H](N)C(C)C)C1. The molecule has 2 N–H and O–H groups in total. The zero-order valence-electron chi connectivity index (χ0n) is 14.8.